The predicted molar refractivity (Wildman–Crippen MR) is 104 cm³/mol. The smallest absolute Gasteiger partial charge is 0.317 e. The number of halogens is 1. The van der Waals surface area contributed by atoms with Crippen molar-refractivity contribution in [3.63, 3.8) is 0 Å². The van der Waals surface area contributed by atoms with E-state index in [-0.39, 0.29) is 22.6 Å². The second kappa shape index (κ2) is 9.34. The molecule has 2 rings (SSSR count). The Bertz CT molecular complexity index is 614. The second-order valence-electron chi connectivity index (χ2n) is 6.05. The fourth-order valence-electron chi connectivity index (χ4n) is 2.87. The lowest BCUT2D eigenvalue weighted by atomic mass is 10.2. The van der Waals surface area contributed by atoms with Crippen LogP contribution in [-0.4, -0.2) is 53.7 Å². The van der Waals surface area contributed by atoms with Crippen LogP contribution in [0.1, 0.15) is 37.6 Å². The molecule has 138 valence electrons. The zero-order valence-electron chi connectivity index (χ0n) is 15.0. The van der Waals surface area contributed by atoms with Crippen LogP contribution in [0.2, 0.25) is 5.02 Å². The number of urea groups is 1. The minimum absolute atomic E-state index is 0.0256. The van der Waals surface area contributed by atoms with E-state index >= 15 is 0 Å². The van der Waals surface area contributed by atoms with E-state index in [0.29, 0.717) is 24.7 Å². The van der Waals surface area contributed by atoms with Crippen molar-refractivity contribution in [3.05, 3.63) is 34.9 Å². The Labute approximate surface area is 159 Å². The molecule has 2 atom stereocenters. The monoisotopic (exact) mass is 383 g/mol. The Hall–Kier alpha value is -1.40. The molecule has 0 aromatic heterocycles. The van der Waals surface area contributed by atoms with Crippen molar-refractivity contribution in [1.82, 2.24) is 15.1 Å². The number of carbonyl (C=O) groups is 2. The molecule has 1 N–H and O–H groups in total. The van der Waals surface area contributed by atoms with Crippen molar-refractivity contribution in [2.24, 2.45) is 0 Å². The number of amides is 3. The van der Waals surface area contributed by atoms with Gasteiger partial charge in [-0.3, -0.25) is 4.79 Å². The molecule has 0 radical (unpaired) electrons. The van der Waals surface area contributed by atoms with E-state index in [1.54, 1.807) is 23.7 Å². The molecular weight excluding hydrogens is 358 g/mol. The van der Waals surface area contributed by atoms with Crippen LogP contribution >= 0.6 is 23.4 Å². The van der Waals surface area contributed by atoms with Gasteiger partial charge in [-0.05, 0) is 25.8 Å². The molecule has 5 nitrogen and oxygen atoms in total. The molecule has 0 saturated carbocycles. The van der Waals surface area contributed by atoms with Gasteiger partial charge >= 0.3 is 6.03 Å². The summed E-state index contributed by atoms with van der Waals surface area (Å²) in [5.74, 6) is 0.165. The number of benzene rings is 1. The summed E-state index contributed by atoms with van der Waals surface area (Å²) in [6, 6.07) is 7.61. The Morgan fingerprint density at radius 2 is 2.08 bits per heavy atom. The van der Waals surface area contributed by atoms with E-state index in [1.165, 1.54) is 0 Å². The molecule has 1 aliphatic rings. The Balaban J connectivity index is 2.04. The molecule has 1 saturated heterocycles. The summed E-state index contributed by atoms with van der Waals surface area (Å²) >= 11 is 8.02. The van der Waals surface area contributed by atoms with Gasteiger partial charge in [0.05, 0.1) is 5.25 Å². The average Bonchev–Trinajstić information content (AvgIpc) is 2.91. The lowest BCUT2D eigenvalue weighted by Crippen LogP contribution is -2.39. The van der Waals surface area contributed by atoms with Crippen molar-refractivity contribution in [2.75, 3.05) is 26.7 Å². The van der Waals surface area contributed by atoms with E-state index in [9.17, 15) is 9.59 Å². The lowest BCUT2D eigenvalue weighted by molar-refractivity contribution is -0.130. The summed E-state index contributed by atoms with van der Waals surface area (Å²) < 4.78 is 0. The highest BCUT2D eigenvalue weighted by atomic mass is 35.5. The minimum atomic E-state index is -0.0845. The number of hydrogen-bond acceptors (Lipinski definition) is 3. The summed E-state index contributed by atoms with van der Waals surface area (Å²) in [5.41, 5.74) is 0.982. The van der Waals surface area contributed by atoms with Crippen molar-refractivity contribution in [2.45, 2.75) is 37.3 Å². The fraction of sp³-hybridized carbons (Fsp3) is 0.556. The van der Waals surface area contributed by atoms with Gasteiger partial charge in [0.25, 0.3) is 0 Å². The largest absolute Gasteiger partial charge is 0.338 e. The molecule has 7 heteroatoms. The molecule has 0 spiro atoms. The van der Waals surface area contributed by atoms with Gasteiger partial charge in [-0.1, -0.05) is 36.7 Å². The van der Waals surface area contributed by atoms with Crippen LogP contribution in [0.25, 0.3) is 0 Å². The third kappa shape index (κ3) is 4.82. The van der Waals surface area contributed by atoms with Crippen LogP contribution in [0, 0.1) is 0 Å². The van der Waals surface area contributed by atoms with E-state index in [0.717, 1.165) is 18.4 Å². The van der Waals surface area contributed by atoms with Gasteiger partial charge in [-0.2, -0.15) is 0 Å². The predicted octanol–water partition coefficient (Wildman–Crippen LogP) is 3.74. The second-order valence-corrected chi connectivity index (χ2v) is 7.74. The zero-order valence-corrected chi connectivity index (χ0v) is 16.6. The van der Waals surface area contributed by atoms with Gasteiger partial charge in [-0.15, -0.1) is 11.8 Å². The fourth-order valence-corrected chi connectivity index (χ4v) is 4.64. The van der Waals surface area contributed by atoms with Gasteiger partial charge in [0, 0.05) is 37.3 Å². The summed E-state index contributed by atoms with van der Waals surface area (Å²) in [4.78, 5) is 28.0. The quantitative estimate of drug-likeness (QED) is 0.780. The first-order valence-electron chi connectivity index (χ1n) is 8.68. The minimum Gasteiger partial charge on any atom is -0.338 e. The maximum atomic E-state index is 12.7. The maximum Gasteiger partial charge on any atom is 0.317 e. The first-order chi connectivity index (χ1) is 12.0. The summed E-state index contributed by atoms with van der Waals surface area (Å²) in [5, 5.41) is 3.38. The van der Waals surface area contributed by atoms with Crippen LogP contribution < -0.4 is 5.32 Å². The van der Waals surface area contributed by atoms with E-state index < -0.39 is 0 Å². The molecule has 3 amide bonds. The average molecular weight is 384 g/mol. The standard InChI is InChI=1S/C18H26ClN3O2S/c1-4-15-16(23)22(12-8-11-21(3)18(24)20-5-2)17(25-15)13-9-6-7-10-14(13)19/h6-7,9-10,15,17H,4-5,8,11-12H2,1-3H3,(H,20,24). The SMILES string of the molecule is CCNC(=O)N(C)CCCN1C(=O)C(CC)SC1c1ccccc1Cl. The highest BCUT2D eigenvalue weighted by Gasteiger charge is 2.40. The number of nitrogens with zero attached hydrogens (tertiary/aromatic N) is 2. The number of nitrogens with one attached hydrogen (secondary N) is 1. The molecule has 1 aromatic rings. The first kappa shape index (κ1) is 19.9. The Morgan fingerprint density at radius 1 is 1.36 bits per heavy atom. The van der Waals surface area contributed by atoms with Gasteiger partial charge in [0.2, 0.25) is 5.91 Å². The van der Waals surface area contributed by atoms with Gasteiger partial charge < -0.3 is 15.1 Å². The molecule has 0 bridgehead atoms. The molecule has 1 heterocycles. The molecule has 1 aliphatic heterocycles. The third-order valence-corrected chi connectivity index (χ3v) is 6.22. The summed E-state index contributed by atoms with van der Waals surface area (Å²) in [6.45, 7) is 5.75. The molecule has 1 fully saturated rings. The Morgan fingerprint density at radius 3 is 2.72 bits per heavy atom. The number of thioether (sulfide) groups is 1. The Kier molecular flexibility index (Phi) is 7.44. The summed E-state index contributed by atoms with van der Waals surface area (Å²) in [7, 11) is 1.77. The van der Waals surface area contributed by atoms with Crippen molar-refractivity contribution < 1.29 is 9.59 Å². The molecular formula is C18H26ClN3O2S. The van der Waals surface area contributed by atoms with Gasteiger partial charge in [0.15, 0.2) is 0 Å². The van der Waals surface area contributed by atoms with E-state index in [4.69, 9.17) is 11.6 Å². The van der Waals surface area contributed by atoms with E-state index in [2.05, 4.69) is 5.32 Å². The third-order valence-electron chi connectivity index (χ3n) is 4.24. The molecule has 1 aromatic carbocycles. The van der Waals surface area contributed by atoms with Crippen LogP contribution in [0.15, 0.2) is 24.3 Å². The lowest BCUT2D eigenvalue weighted by Gasteiger charge is -2.26. The van der Waals surface area contributed by atoms with E-state index in [1.807, 2.05) is 43.0 Å². The first-order valence-corrected chi connectivity index (χ1v) is 10.0. The van der Waals surface area contributed by atoms with Crippen LogP contribution in [0.4, 0.5) is 4.79 Å². The molecule has 2 unspecified atom stereocenters. The number of hydrogen-bond donors (Lipinski definition) is 1. The number of carbonyl (C=O) groups excluding carboxylic acids is 2. The van der Waals surface area contributed by atoms with Crippen LogP contribution in [0.3, 0.4) is 0 Å². The normalized spacial score (nSPS) is 20.0. The highest BCUT2D eigenvalue weighted by molar-refractivity contribution is 8.01. The van der Waals surface area contributed by atoms with Gasteiger partial charge in [0.1, 0.15) is 5.37 Å². The van der Waals surface area contributed by atoms with Crippen LogP contribution in [0.5, 0.6) is 0 Å². The topological polar surface area (TPSA) is 52.7 Å². The van der Waals surface area contributed by atoms with Crippen molar-refractivity contribution >= 4 is 35.3 Å². The zero-order chi connectivity index (χ0) is 18.4. The van der Waals surface area contributed by atoms with Crippen LogP contribution in [-0.2, 0) is 4.79 Å². The number of rotatable bonds is 7. The van der Waals surface area contributed by atoms with Crippen molar-refractivity contribution in [3.8, 4) is 0 Å². The van der Waals surface area contributed by atoms with Gasteiger partial charge in [-0.25, -0.2) is 4.79 Å². The molecule has 25 heavy (non-hydrogen) atoms. The maximum absolute atomic E-state index is 12.7. The molecule has 0 aliphatic carbocycles. The van der Waals surface area contributed by atoms with Crippen molar-refractivity contribution in [1.29, 1.82) is 0 Å². The summed E-state index contributed by atoms with van der Waals surface area (Å²) in [6.07, 6.45) is 1.54. The highest BCUT2D eigenvalue weighted by Crippen LogP contribution is 2.46.